The van der Waals surface area contributed by atoms with E-state index < -0.39 is 9.84 Å². The molecule has 0 radical (unpaired) electrons. The summed E-state index contributed by atoms with van der Waals surface area (Å²) in [5.74, 6) is 1.52. The minimum Gasteiger partial charge on any atom is -0.375 e. The van der Waals surface area contributed by atoms with E-state index in [0.717, 1.165) is 31.8 Å². The summed E-state index contributed by atoms with van der Waals surface area (Å²) in [4.78, 5) is 5.93. The first-order chi connectivity index (χ1) is 12.3. The van der Waals surface area contributed by atoms with Crippen molar-refractivity contribution in [3.63, 3.8) is 0 Å². The van der Waals surface area contributed by atoms with Crippen molar-refractivity contribution in [1.82, 2.24) is 10.6 Å². The molecule has 8 heteroatoms. The maximum Gasteiger partial charge on any atom is 0.191 e. The van der Waals surface area contributed by atoms with Crippen molar-refractivity contribution in [3.8, 4) is 0 Å². The largest absolute Gasteiger partial charge is 0.375 e. The highest BCUT2D eigenvalue weighted by Gasteiger charge is 2.30. The molecule has 2 aliphatic rings. The van der Waals surface area contributed by atoms with E-state index >= 15 is 0 Å². The number of aliphatic imine (C=N–C) groups is 1. The number of guanidine groups is 1. The molecular weight excluding hydrogens is 370 g/mol. The molecule has 0 amide bonds. The van der Waals surface area contributed by atoms with Gasteiger partial charge in [0.25, 0.3) is 0 Å². The van der Waals surface area contributed by atoms with Crippen molar-refractivity contribution >= 4 is 27.1 Å². The van der Waals surface area contributed by atoms with Gasteiger partial charge < -0.3 is 15.4 Å². The zero-order valence-corrected chi connectivity index (χ0v) is 17.2. The van der Waals surface area contributed by atoms with Crippen molar-refractivity contribution in [1.29, 1.82) is 0 Å². The Bertz CT molecular complexity index is 714. The van der Waals surface area contributed by atoms with E-state index in [1.54, 1.807) is 11.3 Å². The van der Waals surface area contributed by atoms with E-state index in [9.17, 15) is 8.42 Å². The van der Waals surface area contributed by atoms with Crippen molar-refractivity contribution in [2.75, 3.05) is 24.7 Å². The van der Waals surface area contributed by atoms with Crippen LogP contribution in [0.4, 0.5) is 0 Å². The van der Waals surface area contributed by atoms with Gasteiger partial charge in [0.1, 0.15) is 0 Å². The SMILES string of the molecule is CC1(C)CC(NC(=NCc2cccs2)NCC2CCS(=O)(=O)C2)CCO1. The first-order valence-electron chi connectivity index (χ1n) is 9.23. The zero-order valence-electron chi connectivity index (χ0n) is 15.5. The Kier molecular flexibility index (Phi) is 6.25. The lowest BCUT2D eigenvalue weighted by Crippen LogP contribution is -2.50. The molecule has 2 atom stereocenters. The second-order valence-electron chi connectivity index (χ2n) is 7.84. The lowest BCUT2D eigenvalue weighted by atomic mass is 9.94. The standard InChI is InChI=1S/C18H29N3O3S2/c1-18(2)10-15(5-7-24-18)21-17(20-12-16-4-3-8-25-16)19-11-14-6-9-26(22,23)13-14/h3-4,8,14-15H,5-7,9-13H2,1-2H3,(H2,19,20,21). The summed E-state index contributed by atoms with van der Waals surface area (Å²) in [6, 6.07) is 4.41. The van der Waals surface area contributed by atoms with Crippen LogP contribution in [-0.4, -0.2) is 50.7 Å². The summed E-state index contributed by atoms with van der Waals surface area (Å²) in [6.07, 6.45) is 2.60. The number of nitrogens with one attached hydrogen (secondary N) is 2. The van der Waals surface area contributed by atoms with Crippen LogP contribution in [0.25, 0.3) is 0 Å². The highest BCUT2D eigenvalue weighted by atomic mass is 32.2. The molecule has 2 fully saturated rings. The van der Waals surface area contributed by atoms with Crippen LogP contribution in [0.1, 0.15) is 38.0 Å². The summed E-state index contributed by atoms with van der Waals surface area (Å²) >= 11 is 1.69. The minimum atomic E-state index is -2.85. The van der Waals surface area contributed by atoms with Gasteiger partial charge in [-0.05, 0) is 50.5 Å². The van der Waals surface area contributed by atoms with Gasteiger partial charge in [-0.25, -0.2) is 13.4 Å². The predicted molar refractivity (Wildman–Crippen MR) is 106 cm³/mol. The van der Waals surface area contributed by atoms with Gasteiger partial charge in [-0.15, -0.1) is 11.3 Å². The molecule has 2 aliphatic heterocycles. The van der Waals surface area contributed by atoms with Gasteiger partial charge in [0.15, 0.2) is 15.8 Å². The van der Waals surface area contributed by atoms with Gasteiger partial charge in [0, 0.05) is 24.1 Å². The minimum absolute atomic E-state index is 0.131. The average Bonchev–Trinajstić information content (AvgIpc) is 3.18. The highest BCUT2D eigenvalue weighted by molar-refractivity contribution is 7.91. The Hall–Kier alpha value is -1.12. The number of thiophene rings is 1. The number of rotatable bonds is 5. The van der Waals surface area contributed by atoms with Crippen LogP contribution in [0.15, 0.2) is 22.5 Å². The van der Waals surface area contributed by atoms with Crippen molar-refractivity contribution in [3.05, 3.63) is 22.4 Å². The normalized spacial score (nSPS) is 28.0. The van der Waals surface area contributed by atoms with Crippen LogP contribution in [0.2, 0.25) is 0 Å². The van der Waals surface area contributed by atoms with Gasteiger partial charge in [-0.3, -0.25) is 0 Å². The number of sulfone groups is 1. The van der Waals surface area contributed by atoms with Gasteiger partial charge in [0.2, 0.25) is 0 Å². The molecule has 146 valence electrons. The molecule has 0 aliphatic carbocycles. The Balaban J connectivity index is 1.60. The Morgan fingerprint density at radius 3 is 2.92 bits per heavy atom. The fourth-order valence-corrected chi connectivity index (χ4v) is 6.02. The molecule has 1 aromatic rings. The van der Waals surface area contributed by atoms with E-state index in [2.05, 4.69) is 35.9 Å². The Morgan fingerprint density at radius 2 is 2.27 bits per heavy atom. The van der Waals surface area contributed by atoms with Crippen LogP contribution < -0.4 is 10.6 Å². The summed E-state index contributed by atoms with van der Waals surface area (Å²) in [5.41, 5.74) is -0.131. The molecule has 2 unspecified atom stereocenters. The van der Waals surface area contributed by atoms with Gasteiger partial charge in [0.05, 0.1) is 23.7 Å². The van der Waals surface area contributed by atoms with Crippen molar-refractivity contribution in [2.45, 2.75) is 51.3 Å². The third-order valence-electron chi connectivity index (χ3n) is 4.90. The molecule has 0 bridgehead atoms. The zero-order chi connectivity index (χ0) is 18.6. The second-order valence-corrected chi connectivity index (χ2v) is 11.1. The smallest absolute Gasteiger partial charge is 0.191 e. The number of nitrogens with zero attached hydrogens (tertiary/aromatic N) is 1. The monoisotopic (exact) mass is 399 g/mol. The fraction of sp³-hybridized carbons (Fsp3) is 0.722. The molecule has 0 spiro atoms. The van der Waals surface area contributed by atoms with E-state index in [-0.39, 0.29) is 17.3 Å². The number of ether oxygens (including phenoxy) is 1. The molecule has 0 aromatic carbocycles. The summed E-state index contributed by atoms with van der Waals surface area (Å²) in [7, 11) is -2.85. The van der Waals surface area contributed by atoms with Gasteiger partial charge >= 0.3 is 0 Å². The first-order valence-corrected chi connectivity index (χ1v) is 11.9. The summed E-state index contributed by atoms with van der Waals surface area (Å²) < 4.78 is 29.1. The Morgan fingerprint density at radius 1 is 1.42 bits per heavy atom. The van der Waals surface area contributed by atoms with Crippen molar-refractivity contribution in [2.24, 2.45) is 10.9 Å². The predicted octanol–water partition coefficient (Wildman–Crippen LogP) is 2.18. The molecule has 26 heavy (non-hydrogen) atoms. The van der Waals surface area contributed by atoms with Crippen LogP contribution >= 0.6 is 11.3 Å². The average molecular weight is 400 g/mol. The van der Waals surface area contributed by atoms with Crippen LogP contribution in [0.3, 0.4) is 0 Å². The molecular formula is C18H29N3O3S2. The van der Waals surface area contributed by atoms with E-state index in [4.69, 9.17) is 9.73 Å². The van der Waals surface area contributed by atoms with Crippen LogP contribution in [0, 0.1) is 5.92 Å². The maximum atomic E-state index is 11.7. The molecule has 3 rings (SSSR count). The quantitative estimate of drug-likeness (QED) is 0.586. The molecule has 1 aromatic heterocycles. The number of hydrogen-bond donors (Lipinski definition) is 2. The molecule has 2 saturated heterocycles. The van der Waals surface area contributed by atoms with Crippen molar-refractivity contribution < 1.29 is 13.2 Å². The van der Waals surface area contributed by atoms with Gasteiger partial charge in [-0.1, -0.05) is 6.07 Å². The van der Waals surface area contributed by atoms with Crippen LogP contribution in [-0.2, 0) is 21.1 Å². The lowest BCUT2D eigenvalue weighted by Gasteiger charge is -2.36. The highest BCUT2D eigenvalue weighted by Crippen LogP contribution is 2.24. The molecule has 0 saturated carbocycles. The summed E-state index contributed by atoms with van der Waals surface area (Å²) in [6.45, 7) is 6.23. The van der Waals surface area contributed by atoms with E-state index in [1.165, 1.54) is 4.88 Å². The third-order valence-corrected chi connectivity index (χ3v) is 7.59. The lowest BCUT2D eigenvalue weighted by molar-refractivity contribution is -0.0605. The van der Waals surface area contributed by atoms with Crippen LogP contribution in [0.5, 0.6) is 0 Å². The summed E-state index contributed by atoms with van der Waals surface area (Å²) in [5, 5.41) is 8.96. The van der Waals surface area contributed by atoms with Gasteiger partial charge in [-0.2, -0.15) is 0 Å². The topological polar surface area (TPSA) is 79.8 Å². The maximum absolute atomic E-state index is 11.7. The third kappa shape index (κ3) is 5.96. The van der Waals surface area contributed by atoms with E-state index in [1.807, 2.05) is 6.07 Å². The molecule has 2 N–H and O–H groups in total. The molecule has 3 heterocycles. The fourth-order valence-electron chi connectivity index (χ4n) is 3.53. The first kappa shape index (κ1) is 19.6. The van der Waals surface area contributed by atoms with E-state index in [0.29, 0.717) is 24.9 Å². The Labute approximate surface area is 160 Å². The molecule has 6 nitrogen and oxygen atoms in total. The second kappa shape index (κ2) is 8.27. The number of hydrogen-bond acceptors (Lipinski definition) is 5.